The number of ether oxygens (including phenoxy) is 1. The fourth-order valence-electron chi connectivity index (χ4n) is 1.76. The summed E-state index contributed by atoms with van der Waals surface area (Å²) in [5.41, 5.74) is 5.85. The van der Waals surface area contributed by atoms with Gasteiger partial charge in [-0.05, 0) is 13.0 Å². The van der Waals surface area contributed by atoms with Crippen LogP contribution in [0.15, 0.2) is 12.1 Å². The van der Waals surface area contributed by atoms with E-state index in [1.54, 1.807) is 0 Å². The van der Waals surface area contributed by atoms with Crippen molar-refractivity contribution >= 4 is 17.3 Å². The molecule has 0 aromatic heterocycles. The van der Waals surface area contributed by atoms with Crippen LogP contribution in [-0.2, 0) is 9.53 Å². The number of aliphatic hydroxyl groups excluding tert-OH is 2. The average Bonchev–Trinajstić information content (AvgIpc) is 2.39. The third-order valence-corrected chi connectivity index (χ3v) is 2.88. The highest BCUT2D eigenvalue weighted by Gasteiger charge is 2.25. The molecule has 0 heterocycles. The van der Waals surface area contributed by atoms with Crippen molar-refractivity contribution in [1.29, 1.82) is 0 Å². The number of aliphatic hydroxyl groups is 2. The van der Waals surface area contributed by atoms with Crippen LogP contribution >= 0.6 is 0 Å². The van der Waals surface area contributed by atoms with Crippen molar-refractivity contribution in [1.82, 2.24) is 0 Å². The van der Waals surface area contributed by atoms with Gasteiger partial charge >= 0.3 is 5.97 Å². The van der Waals surface area contributed by atoms with Crippen LogP contribution in [0.3, 0.4) is 0 Å². The number of nitro groups is 1. The van der Waals surface area contributed by atoms with Crippen molar-refractivity contribution in [2.24, 2.45) is 0 Å². The Morgan fingerprint density at radius 2 is 2.10 bits per heavy atom. The number of hydrogen-bond acceptors (Lipinski definition) is 7. The quantitative estimate of drug-likeness (QED) is 0.309. The van der Waals surface area contributed by atoms with Gasteiger partial charge in [-0.2, -0.15) is 0 Å². The monoisotopic (exact) mass is 284 g/mol. The second kappa shape index (κ2) is 6.31. The molecule has 2 atom stereocenters. The molecule has 0 aliphatic heterocycles. The van der Waals surface area contributed by atoms with Gasteiger partial charge in [-0.25, -0.2) is 0 Å². The van der Waals surface area contributed by atoms with Gasteiger partial charge < -0.3 is 20.7 Å². The molecule has 1 aromatic carbocycles. The SMILES string of the molecule is COC(=O)CC(O)C(O)c1cc(C)c([N+](=O)[O-])cc1N. The molecule has 0 saturated heterocycles. The predicted octanol–water partition coefficient (Wildman–Crippen LogP) is 0.443. The summed E-state index contributed by atoms with van der Waals surface area (Å²) in [6.45, 7) is 1.49. The Kier molecular flexibility index (Phi) is 5.00. The fourth-order valence-corrected chi connectivity index (χ4v) is 1.76. The summed E-state index contributed by atoms with van der Waals surface area (Å²) < 4.78 is 4.38. The Labute approximate surface area is 114 Å². The lowest BCUT2D eigenvalue weighted by molar-refractivity contribution is -0.385. The van der Waals surface area contributed by atoms with Gasteiger partial charge in [-0.3, -0.25) is 14.9 Å². The molecule has 20 heavy (non-hydrogen) atoms. The van der Waals surface area contributed by atoms with Crippen molar-refractivity contribution in [2.45, 2.75) is 25.6 Å². The normalized spacial score (nSPS) is 13.6. The minimum absolute atomic E-state index is 0.0290. The first-order valence-corrected chi connectivity index (χ1v) is 5.75. The molecule has 0 saturated carbocycles. The Morgan fingerprint density at radius 1 is 1.50 bits per heavy atom. The molecular weight excluding hydrogens is 268 g/mol. The molecule has 0 amide bonds. The second-order valence-electron chi connectivity index (χ2n) is 4.32. The summed E-state index contributed by atoms with van der Waals surface area (Å²) in [6, 6.07) is 2.43. The third kappa shape index (κ3) is 3.43. The lowest BCUT2D eigenvalue weighted by Gasteiger charge is -2.19. The molecular formula is C12H16N2O6. The first-order valence-electron chi connectivity index (χ1n) is 5.75. The summed E-state index contributed by atoms with van der Waals surface area (Å²) in [4.78, 5) is 21.2. The number of aryl methyl sites for hydroxylation is 1. The van der Waals surface area contributed by atoms with Crippen LogP contribution in [0.4, 0.5) is 11.4 Å². The van der Waals surface area contributed by atoms with E-state index in [0.29, 0.717) is 5.56 Å². The van der Waals surface area contributed by atoms with E-state index in [2.05, 4.69) is 4.74 Å². The zero-order chi connectivity index (χ0) is 15.4. The summed E-state index contributed by atoms with van der Waals surface area (Å²) in [5, 5.41) is 30.4. The minimum atomic E-state index is -1.44. The number of esters is 1. The maximum atomic E-state index is 11.0. The van der Waals surface area contributed by atoms with Crippen LogP contribution in [0.5, 0.6) is 0 Å². The smallest absolute Gasteiger partial charge is 0.308 e. The summed E-state index contributed by atoms with van der Waals surface area (Å²) >= 11 is 0. The van der Waals surface area contributed by atoms with Gasteiger partial charge in [0.05, 0.1) is 24.6 Å². The number of methoxy groups -OCH3 is 1. The van der Waals surface area contributed by atoms with Crippen molar-refractivity contribution in [3.8, 4) is 0 Å². The van der Waals surface area contributed by atoms with Crippen LogP contribution < -0.4 is 5.73 Å². The van der Waals surface area contributed by atoms with Gasteiger partial charge in [-0.15, -0.1) is 0 Å². The molecule has 8 nitrogen and oxygen atoms in total. The van der Waals surface area contributed by atoms with E-state index in [4.69, 9.17) is 5.73 Å². The van der Waals surface area contributed by atoms with Gasteiger partial charge in [0.2, 0.25) is 0 Å². The highest BCUT2D eigenvalue weighted by molar-refractivity contribution is 5.70. The van der Waals surface area contributed by atoms with E-state index in [-0.39, 0.29) is 16.9 Å². The largest absolute Gasteiger partial charge is 0.469 e. The second-order valence-corrected chi connectivity index (χ2v) is 4.32. The molecule has 0 aliphatic rings. The number of benzene rings is 1. The molecule has 0 radical (unpaired) electrons. The number of nitrogen functional groups attached to an aromatic ring is 1. The predicted molar refractivity (Wildman–Crippen MR) is 69.8 cm³/mol. The molecule has 0 aliphatic carbocycles. The Hall–Kier alpha value is -2.19. The van der Waals surface area contributed by atoms with Crippen LogP contribution in [0, 0.1) is 17.0 Å². The number of nitro benzene ring substituents is 1. The fraction of sp³-hybridized carbons (Fsp3) is 0.417. The van der Waals surface area contributed by atoms with E-state index >= 15 is 0 Å². The van der Waals surface area contributed by atoms with Gasteiger partial charge in [0, 0.05) is 22.9 Å². The van der Waals surface area contributed by atoms with E-state index < -0.39 is 29.5 Å². The molecule has 110 valence electrons. The van der Waals surface area contributed by atoms with Crippen molar-refractivity contribution in [3.63, 3.8) is 0 Å². The topological polar surface area (TPSA) is 136 Å². The molecule has 1 rings (SSSR count). The molecule has 1 aromatic rings. The summed E-state index contributed by atoms with van der Waals surface area (Å²) in [5.74, 6) is -0.686. The maximum absolute atomic E-state index is 11.0. The van der Waals surface area contributed by atoms with Crippen LogP contribution in [-0.4, -0.2) is 34.3 Å². The van der Waals surface area contributed by atoms with Crippen molar-refractivity contribution in [3.05, 3.63) is 33.4 Å². The zero-order valence-electron chi connectivity index (χ0n) is 11.1. The van der Waals surface area contributed by atoms with E-state index in [9.17, 15) is 25.1 Å². The highest BCUT2D eigenvalue weighted by atomic mass is 16.6. The van der Waals surface area contributed by atoms with Crippen LogP contribution in [0.2, 0.25) is 0 Å². The van der Waals surface area contributed by atoms with Crippen LogP contribution in [0.1, 0.15) is 23.7 Å². The molecule has 4 N–H and O–H groups in total. The van der Waals surface area contributed by atoms with E-state index in [1.165, 1.54) is 13.0 Å². The summed E-state index contributed by atoms with van der Waals surface area (Å²) in [6.07, 6.45) is -3.26. The van der Waals surface area contributed by atoms with Gasteiger partial charge in [0.15, 0.2) is 0 Å². The van der Waals surface area contributed by atoms with Gasteiger partial charge in [-0.1, -0.05) is 0 Å². The number of carbonyl (C=O) groups is 1. The molecule has 0 fully saturated rings. The first kappa shape index (κ1) is 15.9. The number of carbonyl (C=O) groups excluding carboxylic acids is 1. The Morgan fingerprint density at radius 3 is 2.60 bits per heavy atom. The maximum Gasteiger partial charge on any atom is 0.308 e. The van der Waals surface area contributed by atoms with E-state index in [0.717, 1.165) is 13.2 Å². The zero-order valence-corrected chi connectivity index (χ0v) is 11.1. The Balaban J connectivity index is 3.04. The van der Waals surface area contributed by atoms with Gasteiger partial charge in [0.1, 0.15) is 6.10 Å². The Bertz CT molecular complexity index is 531. The molecule has 0 spiro atoms. The lowest BCUT2D eigenvalue weighted by Crippen LogP contribution is -2.23. The van der Waals surface area contributed by atoms with Crippen molar-refractivity contribution in [2.75, 3.05) is 12.8 Å². The number of rotatable bonds is 5. The standard InChI is InChI=1S/C12H16N2O6/c1-6-3-7(8(13)4-9(6)14(18)19)12(17)10(15)5-11(16)20-2/h3-4,10,12,15,17H,5,13H2,1-2H3. The average molecular weight is 284 g/mol. The first-order chi connectivity index (χ1) is 9.27. The van der Waals surface area contributed by atoms with Gasteiger partial charge in [0.25, 0.3) is 5.69 Å². The summed E-state index contributed by atoms with van der Waals surface area (Å²) in [7, 11) is 1.16. The van der Waals surface area contributed by atoms with Crippen LogP contribution in [0.25, 0.3) is 0 Å². The molecule has 0 bridgehead atoms. The van der Waals surface area contributed by atoms with Crippen molar-refractivity contribution < 1.29 is 24.7 Å². The lowest BCUT2D eigenvalue weighted by atomic mass is 9.98. The highest BCUT2D eigenvalue weighted by Crippen LogP contribution is 2.31. The number of anilines is 1. The molecule has 2 unspecified atom stereocenters. The minimum Gasteiger partial charge on any atom is -0.469 e. The number of nitrogens with zero attached hydrogens (tertiary/aromatic N) is 1. The number of hydrogen-bond donors (Lipinski definition) is 3. The number of nitrogens with two attached hydrogens (primary N) is 1. The third-order valence-electron chi connectivity index (χ3n) is 2.88. The molecule has 8 heteroatoms. The van der Waals surface area contributed by atoms with E-state index in [1.807, 2.05) is 0 Å².